The molecule has 9 nitrogen and oxygen atoms in total. The van der Waals surface area contributed by atoms with Crippen LogP contribution in [0.25, 0.3) is 24.6 Å². The molecule has 0 saturated carbocycles. The number of methoxy groups -OCH3 is 2. The van der Waals surface area contributed by atoms with E-state index < -0.39 is 0 Å². The smallest absolute Gasteiger partial charge is 0.200 e. The molecule has 0 aliphatic carbocycles. The molecule has 236 valence electrons. The van der Waals surface area contributed by atoms with Crippen molar-refractivity contribution in [3.63, 3.8) is 0 Å². The van der Waals surface area contributed by atoms with Crippen LogP contribution in [0.15, 0.2) is 70.3 Å². The molecule has 1 N–H and O–H groups in total. The second-order valence-corrected chi connectivity index (χ2v) is 10.7. The first-order chi connectivity index (χ1) is 21.6. The summed E-state index contributed by atoms with van der Waals surface area (Å²) in [5.41, 5.74) is 5.37. The molecule has 1 atom stereocenters. The Kier molecular flexibility index (Phi) is 11.0. The van der Waals surface area contributed by atoms with E-state index in [2.05, 4.69) is 0 Å². The summed E-state index contributed by atoms with van der Waals surface area (Å²) in [4.78, 5) is 22.9. The molecule has 1 unspecified atom stereocenters. The van der Waals surface area contributed by atoms with Crippen LogP contribution in [0.5, 0.6) is 23.0 Å². The molecule has 2 aromatic carbocycles. The molecule has 0 amide bonds. The summed E-state index contributed by atoms with van der Waals surface area (Å²) in [7, 11) is 3.14. The van der Waals surface area contributed by atoms with Crippen LogP contribution in [0, 0.1) is 27.7 Å². The molecular weight excluding hydrogens is 572 g/mol. The summed E-state index contributed by atoms with van der Waals surface area (Å²) < 4.78 is 25.7. The number of aromatic nitrogens is 2. The standard InChI is InChI=1S/C20H23NO4.C16H17NO3/c1-14-11-17(22)12-15(2)21(14)9-8-16-6-7-18(23-3)19(13-16)25-20-5-4-10-24-20;1-11-8-14(18)9-12(2)17(11)7-6-13-4-5-16(20-3)15(19)10-13/h6-9,11-13,20H,4-5,10H2,1-3H3;4-10,19H,1-3H3/b9-8+;7-6+. The summed E-state index contributed by atoms with van der Waals surface area (Å²) in [6.45, 7) is 8.32. The molecule has 1 fully saturated rings. The minimum atomic E-state index is -0.211. The van der Waals surface area contributed by atoms with Gasteiger partial charge in [0, 0.05) is 65.9 Å². The Bertz CT molecular complexity index is 1760. The van der Waals surface area contributed by atoms with Crippen molar-refractivity contribution in [1.29, 1.82) is 0 Å². The van der Waals surface area contributed by atoms with Crippen LogP contribution < -0.4 is 25.1 Å². The maximum atomic E-state index is 11.5. The van der Waals surface area contributed by atoms with Crippen molar-refractivity contribution < 1.29 is 24.1 Å². The lowest BCUT2D eigenvalue weighted by Crippen LogP contribution is -2.14. The van der Waals surface area contributed by atoms with Gasteiger partial charge in [0.25, 0.3) is 0 Å². The Morgan fingerprint density at radius 1 is 0.711 bits per heavy atom. The van der Waals surface area contributed by atoms with Gasteiger partial charge in [-0.05, 0) is 81.7 Å². The van der Waals surface area contributed by atoms with E-state index in [1.807, 2.05) is 85.6 Å². The maximum absolute atomic E-state index is 11.5. The summed E-state index contributed by atoms with van der Waals surface area (Å²) in [6.07, 6.45) is 9.34. The van der Waals surface area contributed by atoms with Crippen molar-refractivity contribution in [1.82, 2.24) is 9.13 Å². The number of rotatable bonds is 8. The third-order valence-corrected chi connectivity index (χ3v) is 7.29. The maximum Gasteiger partial charge on any atom is 0.200 e. The molecule has 2 aromatic heterocycles. The Labute approximate surface area is 263 Å². The fraction of sp³-hybridized carbons (Fsp3) is 0.278. The van der Waals surface area contributed by atoms with Crippen molar-refractivity contribution in [3.05, 3.63) is 115 Å². The summed E-state index contributed by atoms with van der Waals surface area (Å²) in [6, 6.07) is 17.4. The molecule has 5 rings (SSSR count). The Balaban J connectivity index is 0.000000210. The summed E-state index contributed by atoms with van der Waals surface area (Å²) in [5, 5.41) is 9.73. The quantitative estimate of drug-likeness (QED) is 0.245. The largest absolute Gasteiger partial charge is 0.504 e. The first kappa shape index (κ1) is 32.9. The predicted octanol–water partition coefficient (Wildman–Crippen LogP) is 6.42. The first-order valence-electron chi connectivity index (χ1n) is 14.7. The molecule has 3 heterocycles. The lowest BCUT2D eigenvalue weighted by atomic mass is 10.2. The van der Waals surface area contributed by atoms with Gasteiger partial charge >= 0.3 is 0 Å². The fourth-order valence-electron chi connectivity index (χ4n) is 5.02. The SMILES string of the molecule is COc1ccc(/C=C/n2c(C)cc(=O)cc2C)cc1O.COc1ccc(/C=C/n2c(C)cc(=O)cc2C)cc1OC1CCCO1. The molecule has 45 heavy (non-hydrogen) atoms. The van der Waals surface area contributed by atoms with Crippen molar-refractivity contribution >= 4 is 24.6 Å². The lowest BCUT2D eigenvalue weighted by molar-refractivity contribution is -0.0402. The van der Waals surface area contributed by atoms with Gasteiger partial charge in [0.2, 0.25) is 0 Å². The van der Waals surface area contributed by atoms with E-state index >= 15 is 0 Å². The molecule has 1 aliphatic heterocycles. The lowest BCUT2D eigenvalue weighted by Gasteiger charge is -2.16. The Morgan fingerprint density at radius 3 is 1.64 bits per heavy atom. The molecule has 0 spiro atoms. The monoisotopic (exact) mass is 612 g/mol. The van der Waals surface area contributed by atoms with Crippen molar-refractivity contribution in [2.75, 3.05) is 20.8 Å². The Hall–Kier alpha value is -5.02. The first-order valence-corrected chi connectivity index (χ1v) is 14.7. The highest BCUT2D eigenvalue weighted by atomic mass is 16.7. The number of pyridine rings is 2. The van der Waals surface area contributed by atoms with E-state index in [0.717, 1.165) is 53.4 Å². The zero-order valence-corrected chi connectivity index (χ0v) is 26.6. The van der Waals surface area contributed by atoms with Gasteiger partial charge in [-0.2, -0.15) is 0 Å². The molecule has 1 aliphatic rings. The van der Waals surface area contributed by atoms with Gasteiger partial charge in [0.05, 0.1) is 20.8 Å². The molecule has 1 saturated heterocycles. The molecule has 4 aromatic rings. The van der Waals surface area contributed by atoms with Gasteiger partial charge in [0.1, 0.15) is 0 Å². The van der Waals surface area contributed by atoms with Crippen LogP contribution in [0.2, 0.25) is 0 Å². The highest BCUT2D eigenvalue weighted by Crippen LogP contribution is 2.31. The number of phenolic OH excluding ortho intramolecular Hbond substituents is 1. The van der Waals surface area contributed by atoms with Crippen molar-refractivity contribution in [2.45, 2.75) is 46.8 Å². The molecule has 0 bridgehead atoms. The minimum Gasteiger partial charge on any atom is -0.504 e. The molecular formula is C36H40N2O7. The van der Waals surface area contributed by atoms with Crippen LogP contribution in [0.4, 0.5) is 0 Å². The zero-order chi connectivity index (χ0) is 32.5. The minimum absolute atomic E-state index is 0.00624. The highest BCUT2D eigenvalue weighted by molar-refractivity contribution is 5.65. The van der Waals surface area contributed by atoms with Gasteiger partial charge in [-0.3, -0.25) is 9.59 Å². The van der Waals surface area contributed by atoms with Crippen molar-refractivity contribution in [2.24, 2.45) is 0 Å². The fourth-order valence-corrected chi connectivity index (χ4v) is 5.02. The number of nitrogens with zero attached hydrogens (tertiary/aromatic N) is 2. The highest BCUT2D eigenvalue weighted by Gasteiger charge is 2.19. The summed E-state index contributed by atoms with van der Waals surface area (Å²) >= 11 is 0. The zero-order valence-electron chi connectivity index (χ0n) is 26.6. The van der Waals surface area contributed by atoms with Crippen LogP contribution in [-0.4, -0.2) is 41.4 Å². The Morgan fingerprint density at radius 2 is 1.20 bits per heavy atom. The number of hydrogen-bond acceptors (Lipinski definition) is 7. The third-order valence-electron chi connectivity index (χ3n) is 7.29. The topological polar surface area (TPSA) is 101 Å². The van der Waals surface area contributed by atoms with E-state index in [4.69, 9.17) is 18.9 Å². The van der Waals surface area contributed by atoms with E-state index in [1.54, 1.807) is 43.5 Å². The number of ether oxygens (including phenoxy) is 4. The molecule has 9 heteroatoms. The van der Waals surface area contributed by atoms with Gasteiger partial charge in [-0.1, -0.05) is 12.1 Å². The average Bonchev–Trinajstić information content (AvgIpc) is 3.50. The second-order valence-electron chi connectivity index (χ2n) is 10.7. The third kappa shape index (κ3) is 8.77. The summed E-state index contributed by atoms with van der Waals surface area (Å²) in [5.74, 6) is 1.90. The number of hydrogen-bond donors (Lipinski definition) is 1. The van der Waals surface area contributed by atoms with Gasteiger partial charge in [0.15, 0.2) is 40.1 Å². The van der Waals surface area contributed by atoms with Gasteiger partial charge in [-0.15, -0.1) is 0 Å². The van der Waals surface area contributed by atoms with Crippen LogP contribution in [-0.2, 0) is 4.74 Å². The van der Waals surface area contributed by atoms with Gasteiger partial charge in [-0.25, -0.2) is 0 Å². The predicted molar refractivity (Wildman–Crippen MR) is 178 cm³/mol. The van der Waals surface area contributed by atoms with Gasteiger partial charge < -0.3 is 33.2 Å². The van der Waals surface area contributed by atoms with Crippen LogP contribution >= 0.6 is 0 Å². The number of benzene rings is 2. The van der Waals surface area contributed by atoms with Crippen molar-refractivity contribution in [3.8, 4) is 23.0 Å². The number of aryl methyl sites for hydroxylation is 4. The van der Waals surface area contributed by atoms with E-state index in [1.165, 1.54) is 7.11 Å². The van der Waals surface area contributed by atoms with Crippen LogP contribution in [0.1, 0.15) is 46.7 Å². The average molecular weight is 613 g/mol. The number of phenols is 1. The molecule has 0 radical (unpaired) electrons. The van der Waals surface area contributed by atoms with E-state index in [-0.39, 0.29) is 22.9 Å². The van der Waals surface area contributed by atoms with Crippen LogP contribution in [0.3, 0.4) is 0 Å². The second kappa shape index (κ2) is 15.1. The van der Waals surface area contributed by atoms with E-state index in [0.29, 0.717) is 17.2 Å². The van der Waals surface area contributed by atoms with E-state index in [9.17, 15) is 14.7 Å². The normalized spacial score (nSPS) is 14.4. The number of aromatic hydroxyl groups is 1.